The van der Waals surface area contributed by atoms with Gasteiger partial charge in [0.05, 0.1) is 31.3 Å². The lowest BCUT2D eigenvalue weighted by Gasteiger charge is -2.21. The summed E-state index contributed by atoms with van der Waals surface area (Å²) in [6, 6.07) is 14.5. The molecule has 0 fully saturated rings. The van der Waals surface area contributed by atoms with Gasteiger partial charge < -0.3 is 13.7 Å². The van der Waals surface area contributed by atoms with Crippen LogP contribution in [0.5, 0.6) is 0 Å². The Bertz CT molecular complexity index is 907. The molecule has 0 unspecified atom stereocenters. The van der Waals surface area contributed by atoms with Crippen molar-refractivity contribution in [2.75, 3.05) is 0 Å². The number of nitrogens with zero attached hydrogens (tertiary/aromatic N) is 4. The average Bonchev–Trinajstić information content (AvgIpc) is 3.43. The number of rotatable bonds is 6. The molecule has 3 heterocycles. The fourth-order valence-electron chi connectivity index (χ4n) is 2.66. The first kappa shape index (κ1) is 15.9. The molecule has 7 nitrogen and oxygen atoms in total. The van der Waals surface area contributed by atoms with Gasteiger partial charge in [0.15, 0.2) is 0 Å². The van der Waals surface area contributed by atoms with Gasteiger partial charge in [0.25, 0.3) is 5.91 Å². The van der Waals surface area contributed by atoms with Crippen molar-refractivity contribution in [3.05, 3.63) is 90.8 Å². The van der Waals surface area contributed by atoms with Crippen molar-refractivity contribution in [3.8, 4) is 5.69 Å². The van der Waals surface area contributed by atoms with Gasteiger partial charge in [0.2, 0.25) is 0 Å². The minimum absolute atomic E-state index is 0.108. The molecule has 3 aromatic heterocycles. The van der Waals surface area contributed by atoms with Crippen LogP contribution in [0.15, 0.2) is 82.5 Å². The molecule has 0 radical (unpaired) electrons. The highest BCUT2D eigenvalue weighted by Crippen LogP contribution is 2.16. The summed E-state index contributed by atoms with van der Waals surface area (Å²) >= 11 is 0. The van der Waals surface area contributed by atoms with Crippen molar-refractivity contribution in [2.45, 2.75) is 13.1 Å². The maximum Gasteiger partial charge on any atom is 0.254 e. The molecular weight excluding hydrogens is 332 g/mol. The predicted molar refractivity (Wildman–Crippen MR) is 92.4 cm³/mol. The summed E-state index contributed by atoms with van der Waals surface area (Å²) in [5.41, 5.74) is 1.41. The lowest BCUT2D eigenvalue weighted by atomic mass is 10.1. The Kier molecular flexibility index (Phi) is 4.34. The molecule has 0 saturated carbocycles. The van der Waals surface area contributed by atoms with Gasteiger partial charge >= 0.3 is 0 Å². The van der Waals surface area contributed by atoms with Gasteiger partial charge in [-0.25, -0.2) is 9.67 Å². The number of carbonyl (C=O) groups excluding carboxylic acids is 1. The number of carbonyl (C=O) groups is 1. The largest absolute Gasteiger partial charge is 0.467 e. The molecule has 0 saturated heterocycles. The molecule has 26 heavy (non-hydrogen) atoms. The lowest BCUT2D eigenvalue weighted by molar-refractivity contribution is 0.0705. The fourth-order valence-corrected chi connectivity index (χ4v) is 2.66. The zero-order valence-electron chi connectivity index (χ0n) is 13.9. The molecule has 1 aromatic carbocycles. The van der Waals surface area contributed by atoms with Crippen LogP contribution in [-0.2, 0) is 13.1 Å². The molecule has 1 amide bonds. The second kappa shape index (κ2) is 7.10. The molecule has 0 aliphatic rings. The highest BCUT2D eigenvalue weighted by Gasteiger charge is 2.19. The standard InChI is InChI=1S/C19H16N4O3/c24-19(15-5-7-16(8-6-15)23-14-20-13-21-23)22(11-17-3-1-9-25-17)12-18-4-2-10-26-18/h1-10,13-14H,11-12H2. The van der Waals surface area contributed by atoms with Gasteiger partial charge in [-0.3, -0.25) is 4.79 Å². The second-order valence-electron chi connectivity index (χ2n) is 5.71. The highest BCUT2D eigenvalue weighted by atomic mass is 16.3. The van der Waals surface area contributed by atoms with Gasteiger partial charge in [0, 0.05) is 5.56 Å². The van der Waals surface area contributed by atoms with Crippen LogP contribution in [0.3, 0.4) is 0 Å². The number of furan rings is 2. The SMILES string of the molecule is O=C(c1ccc(-n2cncn2)cc1)N(Cc1ccco1)Cc1ccco1. The molecule has 0 spiro atoms. The second-order valence-corrected chi connectivity index (χ2v) is 5.71. The first-order chi connectivity index (χ1) is 12.8. The van der Waals surface area contributed by atoms with Crippen molar-refractivity contribution in [1.82, 2.24) is 19.7 Å². The Morgan fingerprint density at radius 1 is 0.962 bits per heavy atom. The monoisotopic (exact) mass is 348 g/mol. The zero-order valence-corrected chi connectivity index (χ0v) is 13.9. The summed E-state index contributed by atoms with van der Waals surface area (Å²) in [7, 11) is 0. The molecule has 0 aliphatic heterocycles. The summed E-state index contributed by atoms with van der Waals surface area (Å²) in [5.74, 6) is 1.32. The Hall–Kier alpha value is -3.61. The van der Waals surface area contributed by atoms with E-state index in [1.165, 1.54) is 6.33 Å². The molecule has 4 aromatic rings. The van der Waals surface area contributed by atoms with E-state index in [-0.39, 0.29) is 5.91 Å². The third-order valence-electron chi connectivity index (χ3n) is 3.94. The zero-order chi connectivity index (χ0) is 17.8. The molecule has 0 atom stereocenters. The normalized spacial score (nSPS) is 10.8. The van der Waals surface area contributed by atoms with Crippen molar-refractivity contribution >= 4 is 5.91 Å². The van der Waals surface area contributed by atoms with Crippen LogP contribution in [0.25, 0.3) is 5.69 Å². The third-order valence-corrected chi connectivity index (χ3v) is 3.94. The predicted octanol–water partition coefficient (Wildman–Crippen LogP) is 3.30. The van der Waals surface area contributed by atoms with E-state index in [9.17, 15) is 4.79 Å². The van der Waals surface area contributed by atoms with Crippen LogP contribution < -0.4 is 0 Å². The van der Waals surface area contributed by atoms with Crippen LogP contribution in [0, 0.1) is 0 Å². The first-order valence-electron chi connectivity index (χ1n) is 8.09. The summed E-state index contributed by atoms with van der Waals surface area (Å²) in [5, 5.41) is 4.08. The maximum absolute atomic E-state index is 13.0. The van der Waals surface area contributed by atoms with Crippen molar-refractivity contribution in [3.63, 3.8) is 0 Å². The molecule has 0 bridgehead atoms. The van der Waals surface area contributed by atoms with E-state index >= 15 is 0 Å². The molecular formula is C19H16N4O3. The van der Waals surface area contributed by atoms with Crippen molar-refractivity contribution < 1.29 is 13.6 Å². The average molecular weight is 348 g/mol. The van der Waals surface area contributed by atoms with Crippen molar-refractivity contribution in [2.24, 2.45) is 0 Å². The number of hydrogen-bond donors (Lipinski definition) is 0. The topological polar surface area (TPSA) is 77.3 Å². The Morgan fingerprint density at radius 3 is 2.12 bits per heavy atom. The van der Waals surface area contributed by atoms with Gasteiger partial charge in [0.1, 0.15) is 24.2 Å². The fraction of sp³-hybridized carbons (Fsp3) is 0.105. The van der Waals surface area contributed by atoms with Gasteiger partial charge in [-0.1, -0.05) is 0 Å². The Morgan fingerprint density at radius 2 is 1.62 bits per heavy atom. The summed E-state index contributed by atoms with van der Waals surface area (Å²) in [6.07, 6.45) is 6.26. The van der Waals surface area contributed by atoms with E-state index in [0.29, 0.717) is 30.2 Å². The molecule has 130 valence electrons. The van der Waals surface area contributed by atoms with Crippen LogP contribution >= 0.6 is 0 Å². The first-order valence-corrected chi connectivity index (χ1v) is 8.09. The van der Waals surface area contributed by atoms with Crippen molar-refractivity contribution in [1.29, 1.82) is 0 Å². The van der Waals surface area contributed by atoms with Gasteiger partial charge in [-0.2, -0.15) is 5.10 Å². The number of benzene rings is 1. The van der Waals surface area contributed by atoms with Crippen LogP contribution in [-0.4, -0.2) is 25.6 Å². The number of aromatic nitrogens is 3. The van der Waals surface area contributed by atoms with E-state index in [1.807, 2.05) is 24.3 Å². The van der Waals surface area contributed by atoms with E-state index in [0.717, 1.165) is 5.69 Å². The summed E-state index contributed by atoms with van der Waals surface area (Å²) in [6.45, 7) is 0.717. The molecule has 0 aliphatic carbocycles. The molecule has 0 N–H and O–H groups in total. The maximum atomic E-state index is 13.0. The van der Waals surface area contributed by atoms with Crippen LogP contribution in [0.1, 0.15) is 21.9 Å². The minimum Gasteiger partial charge on any atom is -0.467 e. The van der Waals surface area contributed by atoms with Crippen LogP contribution in [0.4, 0.5) is 0 Å². The van der Waals surface area contributed by atoms with E-state index in [2.05, 4.69) is 10.1 Å². The van der Waals surface area contributed by atoms with Crippen LogP contribution in [0.2, 0.25) is 0 Å². The van der Waals surface area contributed by atoms with E-state index in [4.69, 9.17) is 8.83 Å². The Balaban J connectivity index is 1.56. The number of hydrogen-bond acceptors (Lipinski definition) is 5. The number of amides is 1. The summed E-state index contributed by atoms with van der Waals surface area (Å²) < 4.78 is 12.4. The quantitative estimate of drug-likeness (QED) is 0.534. The third kappa shape index (κ3) is 3.41. The van der Waals surface area contributed by atoms with E-state index < -0.39 is 0 Å². The highest BCUT2D eigenvalue weighted by molar-refractivity contribution is 5.94. The van der Waals surface area contributed by atoms with Gasteiger partial charge in [-0.15, -0.1) is 0 Å². The van der Waals surface area contributed by atoms with E-state index in [1.54, 1.807) is 52.7 Å². The lowest BCUT2D eigenvalue weighted by Crippen LogP contribution is -2.29. The van der Waals surface area contributed by atoms with Gasteiger partial charge in [-0.05, 0) is 48.5 Å². The Labute approximate surface area is 149 Å². The molecule has 7 heteroatoms. The summed E-state index contributed by atoms with van der Waals surface area (Å²) in [4.78, 5) is 18.6. The minimum atomic E-state index is -0.108. The molecule has 4 rings (SSSR count). The smallest absolute Gasteiger partial charge is 0.254 e.